The van der Waals surface area contributed by atoms with E-state index in [1.165, 1.54) is 6.07 Å². The summed E-state index contributed by atoms with van der Waals surface area (Å²) in [5.41, 5.74) is 5.31. The molecule has 5 aromatic rings. The summed E-state index contributed by atoms with van der Waals surface area (Å²) in [4.78, 5) is 21.0. The van der Waals surface area contributed by atoms with E-state index < -0.39 is 17.7 Å². The first-order valence-corrected chi connectivity index (χ1v) is 11.2. The Kier molecular flexibility index (Phi) is 5.93. The van der Waals surface area contributed by atoms with Gasteiger partial charge in [-0.05, 0) is 55.8 Å². The normalized spacial score (nSPS) is 11.1. The molecule has 5 rings (SSSR count). The lowest BCUT2D eigenvalue weighted by atomic mass is 10.1. The Balaban J connectivity index is 1.62. The number of hydrogen-bond acceptors (Lipinski definition) is 5. The van der Waals surface area contributed by atoms with Crippen molar-refractivity contribution in [3.8, 4) is 33.6 Å². The molecule has 0 fully saturated rings. The molecule has 1 N–H and O–H groups in total. The predicted molar refractivity (Wildman–Crippen MR) is 131 cm³/mol. The van der Waals surface area contributed by atoms with Gasteiger partial charge in [0.1, 0.15) is 23.1 Å². The number of hydrogen-bond donors (Lipinski definition) is 1. The van der Waals surface area contributed by atoms with Gasteiger partial charge >= 0.3 is 6.09 Å². The Morgan fingerprint density at radius 1 is 1.06 bits per heavy atom. The first kappa shape index (κ1) is 23.2. The number of aryl methyl sites for hydroxylation is 1. The second kappa shape index (κ2) is 9.21. The minimum atomic E-state index is -0.767. The molecule has 10 heteroatoms. The average molecular weight is 488 g/mol. The standard InChI is InChI=1S/C26H22F2N6O2/c1-4-36-26(35)32-24-10-17(9-22(31-24)19-6-5-18(27)12-21(19)28)23-14-29-25-11-16(7-8-34(23)25)20-13-30-33(3)15(20)2/h5-14H,4H2,1-3H3,(H,31,32,35). The summed E-state index contributed by atoms with van der Waals surface area (Å²) >= 11 is 0. The quantitative estimate of drug-likeness (QED) is 0.347. The first-order valence-electron chi connectivity index (χ1n) is 11.2. The van der Waals surface area contributed by atoms with Gasteiger partial charge in [0.2, 0.25) is 0 Å². The Morgan fingerprint density at radius 3 is 2.61 bits per heavy atom. The molecule has 1 amide bonds. The van der Waals surface area contributed by atoms with Crippen LogP contribution < -0.4 is 5.32 Å². The van der Waals surface area contributed by atoms with Crippen LogP contribution in [0.15, 0.2) is 61.1 Å². The van der Waals surface area contributed by atoms with Gasteiger partial charge in [0, 0.05) is 41.7 Å². The number of benzene rings is 1. The van der Waals surface area contributed by atoms with Gasteiger partial charge in [-0.3, -0.25) is 14.4 Å². The number of ether oxygens (including phenoxy) is 1. The van der Waals surface area contributed by atoms with Crippen LogP contribution in [0.5, 0.6) is 0 Å². The van der Waals surface area contributed by atoms with E-state index in [0.29, 0.717) is 16.9 Å². The van der Waals surface area contributed by atoms with Crippen LogP contribution in [0.4, 0.5) is 19.4 Å². The number of nitrogens with one attached hydrogen (secondary N) is 1. The van der Waals surface area contributed by atoms with Crippen LogP contribution in [0.2, 0.25) is 0 Å². The lowest BCUT2D eigenvalue weighted by molar-refractivity contribution is 0.168. The lowest BCUT2D eigenvalue weighted by Crippen LogP contribution is -2.14. The zero-order valence-corrected chi connectivity index (χ0v) is 19.8. The summed E-state index contributed by atoms with van der Waals surface area (Å²) in [7, 11) is 1.89. The molecule has 8 nitrogen and oxygen atoms in total. The molecule has 0 aliphatic rings. The predicted octanol–water partition coefficient (Wildman–Crippen LogP) is 5.62. The third-order valence-electron chi connectivity index (χ3n) is 5.89. The van der Waals surface area contributed by atoms with Crippen molar-refractivity contribution in [1.82, 2.24) is 24.1 Å². The SMILES string of the molecule is CCOC(=O)Nc1cc(-c2cnc3cc(-c4cnn(C)c4C)ccn23)cc(-c2ccc(F)cc2F)n1. The van der Waals surface area contributed by atoms with E-state index in [1.807, 2.05) is 47.6 Å². The monoisotopic (exact) mass is 488 g/mol. The van der Waals surface area contributed by atoms with Crippen molar-refractivity contribution in [1.29, 1.82) is 0 Å². The topological polar surface area (TPSA) is 86.3 Å². The number of fused-ring (bicyclic) bond motifs is 1. The van der Waals surface area contributed by atoms with Crippen LogP contribution >= 0.6 is 0 Å². The summed E-state index contributed by atoms with van der Waals surface area (Å²) in [6.45, 7) is 3.86. The second-order valence-electron chi connectivity index (χ2n) is 8.15. The van der Waals surface area contributed by atoms with Crippen molar-refractivity contribution in [2.45, 2.75) is 13.8 Å². The molecule has 0 saturated heterocycles. The summed E-state index contributed by atoms with van der Waals surface area (Å²) in [5, 5.41) is 6.87. The first-order chi connectivity index (χ1) is 17.3. The molecule has 4 heterocycles. The highest BCUT2D eigenvalue weighted by Gasteiger charge is 2.16. The van der Waals surface area contributed by atoms with E-state index in [1.54, 1.807) is 25.3 Å². The van der Waals surface area contributed by atoms with Gasteiger partial charge in [-0.2, -0.15) is 5.10 Å². The van der Waals surface area contributed by atoms with Crippen LogP contribution in [-0.4, -0.2) is 36.8 Å². The zero-order chi connectivity index (χ0) is 25.4. The molecule has 1 aromatic carbocycles. The highest BCUT2D eigenvalue weighted by molar-refractivity contribution is 5.86. The maximum absolute atomic E-state index is 14.6. The maximum Gasteiger partial charge on any atom is 0.412 e. The summed E-state index contributed by atoms with van der Waals surface area (Å²) in [5.74, 6) is -1.31. The van der Waals surface area contributed by atoms with E-state index in [-0.39, 0.29) is 23.7 Å². The van der Waals surface area contributed by atoms with E-state index in [0.717, 1.165) is 29.0 Å². The van der Waals surface area contributed by atoms with Gasteiger partial charge in [-0.15, -0.1) is 0 Å². The molecule has 0 aliphatic heterocycles. The molecule has 0 atom stereocenters. The molecule has 36 heavy (non-hydrogen) atoms. The van der Waals surface area contributed by atoms with Crippen molar-refractivity contribution < 1.29 is 18.3 Å². The number of carbonyl (C=O) groups excluding carboxylic acids is 1. The molecule has 0 saturated carbocycles. The van der Waals surface area contributed by atoms with Gasteiger partial charge in [-0.25, -0.2) is 23.5 Å². The number of rotatable bonds is 5. The molecular weight excluding hydrogens is 466 g/mol. The minimum Gasteiger partial charge on any atom is -0.450 e. The molecule has 0 spiro atoms. The Hall–Kier alpha value is -4.60. The third kappa shape index (κ3) is 4.28. The molecular formula is C26H22F2N6O2. The molecule has 0 radical (unpaired) electrons. The van der Waals surface area contributed by atoms with E-state index in [4.69, 9.17) is 4.74 Å². The van der Waals surface area contributed by atoms with E-state index in [2.05, 4.69) is 20.4 Å². The van der Waals surface area contributed by atoms with Crippen molar-refractivity contribution in [3.63, 3.8) is 0 Å². The average Bonchev–Trinajstić information content (AvgIpc) is 3.41. The minimum absolute atomic E-state index is 0.0910. The zero-order valence-electron chi connectivity index (χ0n) is 19.8. The van der Waals surface area contributed by atoms with Gasteiger partial charge in [0.05, 0.1) is 30.4 Å². The molecule has 0 bridgehead atoms. The van der Waals surface area contributed by atoms with E-state index >= 15 is 0 Å². The lowest BCUT2D eigenvalue weighted by Gasteiger charge is -2.11. The highest BCUT2D eigenvalue weighted by Crippen LogP contribution is 2.31. The Bertz CT molecular complexity index is 1610. The van der Waals surface area contributed by atoms with Crippen LogP contribution in [0.1, 0.15) is 12.6 Å². The number of halogens is 2. The van der Waals surface area contributed by atoms with Gasteiger partial charge in [-0.1, -0.05) is 0 Å². The largest absolute Gasteiger partial charge is 0.450 e. The second-order valence-corrected chi connectivity index (χ2v) is 8.15. The number of amides is 1. The smallest absolute Gasteiger partial charge is 0.412 e. The number of pyridine rings is 2. The van der Waals surface area contributed by atoms with Gasteiger partial charge in [0.25, 0.3) is 0 Å². The van der Waals surface area contributed by atoms with Gasteiger partial charge in [0.15, 0.2) is 0 Å². The Labute approximate surface area is 205 Å². The van der Waals surface area contributed by atoms with Crippen LogP contribution in [-0.2, 0) is 11.8 Å². The van der Waals surface area contributed by atoms with Crippen molar-refractivity contribution in [3.05, 3.63) is 78.4 Å². The molecule has 4 aromatic heterocycles. The maximum atomic E-state index is 14.6. The fourth-order valence-electron chi connectivity index (χ4n) is 3.99. The number of carbonyl (C=O) groups is 1. The van der Waals surface area contributed by atoms with Crippen LogP contribution in [0.25, 0.3) is 39.3 Å². The fourth-order valence-corrected chi connectivity index (χ4v) is 3.99. The van der Waals surface area contributed by atoms with Crippen molar-refractivity contribution in [2.24, 2.45) is 7.05 Å². The number of nitrogens with zero attached hydrogens (tertiary/aromatic N) is 5. The van der Waals surface area contributed by atoms with Crippen LogP contribution in [0, 0.1) is 18.6 Å². The van der Waals surface area contributed by atoms with E-state index in [9.17, 15) is 13.6 Å². The fraction of sp³-hybridized carbons (Fsp3) is 0.154. The number of aromatic nitrogens is 5. The number of anilines is 1. The van der Waals surface area contributed by atoms with Crippen molar-refractivity contribution in [2.75, 3.05) is 11.9 Å². The highest BCUT2D eigenvalue weighted by atomic mass is 19.1. The molecule has 182 valence electrons. The number of imidazole rings is 1. The summed E-state index contributed by atoms with van der Waals surface area (Å²) in [6.07, 6.45) is 4.69. The third-order valence-corrected chi connectivity index (χ3v) is 5.89. The summed E-state index contributed by atoms with van der Waals surface area (Å²) < 4.78 is 36.8. The van der Waals surface area contributed by atoms with Crippen molar-refractivity contribution >= 4 is 17.6 Å². The Morgan fingerprint density at radius 2 is 1.89 bits per heavy atom. The van der Waals surface area contributed by atoms with Crippen LogP contribution in [0.3, 0.4) is 0 Å². The van der Waals surface area contributed by atoms with Gasteiger partial charge < -0.3 is 4.74 Å². The molecule has 0 aliphatic carbocycles. The summed E-state index contributed by atoms with van der Waals surface area (Å²) in [6, 6.07) is 10.5. The molecule has 0 unspecified atom stereocenters.